The lowest BCUT2D eigenvalue weighted by Gasteiger charge is -2.03. The molecule has 1 aromatic carbocycles. The summed E-state index contributed by atoms with van der Waals surface area (Å²) in [6.45, 7) is -0.595. The first kappa shape index (κ1) is 10.7. The van der Waals surface area contributed by atoms with Gasteiger partial charge in [0.2, 0.25) is 0 Å². The van der Waals surface area contributed by atoms with Gasteiger partial charge in [0, 0.05) is 10.2 Å². The number of anilines is 1. The number of hydrogen-bond acceptors (Lipinski definition) is 2. The maximum absolute atomic E-state index is 11.9. The largest absolute Gasteiger partial charge is 0.398 e. The highest BCUT2D eigenvalue weighted by Crippen LogP contribution is 2.21. The van der Waals surface area contributed by atoms with Gasteiger partial charge in [0.1, 0.15) is 6.67 Å². The standard InChI is InChI=1S/C8H9BrFNOS/c9-6-1-2-8(7(11)5-6)13(12)4-3-10/h1-2,5H,3-4,11H2. The lowest BCUT2D eigenvalue weighted by molar-refractivity contribution is 0.528. The minimum absolute atomic E-state index is 0.00579. The van der Waals surface area contributed by atoms with Gasteiger partial charge in [0.15, 0.2) is 0 Å². The van der Waals surface area contributed by atoms with Crippen LogP contribution in [0.15, 0.2) is 27.6 Å². The predicted molar refractivity (Wildman–Crippen MR) is 55.8 cm³/mol. The summed E-state index contributed by atoms with van der Waals surface area (Å²) in [6, 6.07) is 5.04. The molecule has 1 unspecified atom stereocenters. The third-order valence-electron chi connectivity index (χ3n) is 1.48. The molecule has 2 N–H and O–H groups in total. The van der Waals surface area contributed by atoms with Crippen molar-refractivity contribution in [1.82, 2.24) is 0 Å². The van der Waals surface area contributed by atoms with E-state index in [-0.39, 0.29) is 5.75 Å². The Kier molecular flexibility index (Phi) is 3.87. The van der Waals surface area contributed by atoms with Gasteiger partial charge in [-0.2, -0.15) is 0 Å². The summed E-state index contributed by atoms with van der Waals surface area (Å²) >= 11 is 3.23. The molecule has 0 heterocycles. The van der Waals surface area contributed by atoms with Crippen molar-refractivity contribution >= 4 is 32.4 Å². The fraction of sp³-hybridized carbons (Fsp3) is 0.250. The number of rotatable bonds is 3. The van der Waals surface area contributed by atoms with E-state index in [2.05, 4.69) is 15.9 Å². The Balaban J connectivity index is 2.95. The normalized spacial score (nSPS) is 12.8. The summed E-state index contributed by atoms with van der Waals surface area (Å²) in [6.07, 6.45) is 0. The smallest absolute Gasteiger partial charge is 0.101 e. The van der Waals surface area contributed by atoms with E-state index in [9.17, 15) is 8.60 Å². The summed E-state index contributed by atoms with van der Waals surface area (Å²) in [7, 11) is -1.32. The van der Waals surface area contributed by atoms with Gasteiger partial charge in [-0.05, 0) is 18.2 Å². The molecule has 0 fully saturated rings. The molecule has 0 aromatic heterocycles. The van der Waals surface area contributed by atoms with Crippen molar-refractivity contribution in [2.24, 2.45) is 0 Å². The lowest BCUT2D eigenvalue weighted by Crippen LogP contribution is -2.03. The lowest BCUT2D eigenvalue weighted by atomic mass is 10.3. The average Bonchev–Trinajstić information content (AvgIpc) is 2.04. The molecule has 1 aromatic rings. The Labute approximate surface area is 86.9 Å². The number of halogens is 2. The van der Waals surface area contributed by atoms with Crippen molar-refractivity contribution in [2.45, 2.75) is 4.90 Å². The number of benzene rings is 1. The van der Waals surface area contributed by atoms with E-state index >= 15 is 0 Å². The molecule has 2 nitrogen and oxygen atoms in total. The van der Waals surface area contributed by atoms with E-state index in [1.807, 2.05) is 0 Å². The molecule has 1 atom stereocenters. The van der Waals surface area contributed by atoms with Gasteiger partial charge in [-0.15, -0.1) is 0 Å². The van der Waals surface area contributed by atoms with Crippen LogP contribution in [-0.2, 0) is 10.8 Å². The first-order chi connectivity index (χ1) is 6.15. The van der Waals surface area contributed by atoms with Crippen molar-refractivity contribution in [1.29, 1.82) is 0 Å². The van der Waals surface area contributed by atoms with E-state index < -0.39 is 17.5 Å². The molecule has 0 saturated heterocycles. The Morgan fingerprint density at radius 3 is 2.77 bits per heavy atom. The highest BCUT2D eigenvalue weighted by Gasteiger charge is 2.07. The second-order valence-electron chi connectivity index (χ2n) is 2.42. The summed E-state index contributed by atoms with van der Waals surface area (Å²) in [5, 5.41) is 0. The van der Waals surface area contributed by atoms with Gasteiger partial charge in [-0.25, -0.2) is 0 Å². The molecule has 0 aliphatic heterocycles. The van der Waals surface area contributed by atoms with Gasteiger partial charge in [0.25, 0.3) is 0 Å². The molecule has 5 heteroatoms. The van der Waals surface area contributed by atoms with E-state index in [0.29, 0.717) is 10.6 Å². The van der Waals surface area contributed by atoms with Crippen molar-refractivity contribution in [3.8, 4) is 0 Å². The highest BCUT2D eigenvalue weighted by atomic mass is 79.9. The van der Waals surface area contributed by atoms with Gasteiger partial charge in [-0.3, -0.25) is 8.60 Å². The second kappa shape index (κ2) is 4.72. The van der Waals surface area contributed by atoms with E-state index in [0.717, 1.165) is 4.47 Å². The van der Waals surface area contributed by atoms with Crippen molar-refractivity contribution < 1.29 is 8.60 Å². The van der Waals surface area contributed by atoms with Gasteiger partial charge in [-0.1, -0.05) is 15.9 Å². The van der Waals surface area contributed by atoms with Crippen LogP contribution in [0.3, 0.4) is 0 Å². The Morgan fingerprint density at radius 1 is 1.54 bits per heavy atom. The molecule has 0 spiro atoms. The fourth-order valence-electron chi connectivity index (χ4n) is 0.907. The molecule has 0 amide bonds. The first-order valence-electron chi connectivity index (χ1n) is 3.64. The zero-order chi connectivity index (χ0) is 9.84. The summed E-state index contributed by atoms with van der Waals surface area (Å²) in [5.41, 5.74) is 6.04. The molecule has 72 valence electrons. The fourth-order valence-corrected chi connectivity index (χ4v) is 2.19. The van der Waals surface area contributed by atoms with Gasteiger partial charge in [0.05, 0.1) is 21.4 Å². The molecule has 13 heavy (non-hydrogen) atoms. The van der Waals surface area contributed by atoms with Crippen molar-refractivity contribution in [3.63, 3.8) is 0 Å². The molecule has 0 saturated carbocycles. The molecule has 0 aliphatic rings. The van der Waals surface area contributed by atoms with Crippen molar-refractivity contribution in [2.75, 3.05) is 18.2 Å². The van der Waals surface area contributed by atoms with Crippen molar-refractivity contribution in [3.05, 3.63) is 22.7 Å². The molecule has 0 bridgehead atoms. The van der Waals surface area contributed by atoms with E-state index in [1.165, 1.54) is 0 Å². The topological polar surface area (TPSA) is 43.1 Å². The zero-order valence-corrected chi connectivity index (χ0v) is 9.20. The maximum atomic E-state index is 11.9. The highest BCUT2D eigenvalue weighted by molar-refractivity contribution is 9.10. The van der Waals surface area contributed by atoms with E-state index in [4.69, 9.17) is 5.73 Å². The summed E-state index contributed by atoms with van der Waals surface area (Å²) < 4.78 is 24.1. The summed E-state index contributed by atoms with van der Waals surface area (Å²) in [4.78, 5) is 0.501. The second-order valence-corrected chi connectivity index (χ2v) is 4.88. The molecule has 0 aliphatic carbocycles. The number of nitrogen functional groups attached to an aromatic ring is 1. The molecular weight excluding hydrogens is 257 g/mol. The monoisotopic (exact) mass is 265 g/mol. The van der Waals surface area contributed by atoms with Crippen LogP contribution in [0.5, 0.6) is 0 Å². The third kappa shape index (κ3) is 2.77. The molecule has 1 rings (SSSR count). The quantitative estimate of drug-likeness (QED) is 0.851. The number of hydrogen-bond donors (Lipinski definition) is 1. The Bertz CT molecular complexity index is 332. The van der Waals surface area contributed by atoms with Crippen LogP contribution in [0.4, 0.5) is 10.1 Å². The SMILES string of the molecule is Nc1cc(Br)ccc1S(=O)CCF. The average molecular weight is 266 g/mol. The minimum atomic E-state index is -1.32. The van der Waals surface area contributed by atoms with Crippen LogP contribution >= 0.6 is 15.9 Å². The summed E-state index contributed by atoms with van der Waals surface area (Å²) in [5.74, 6) is 0.00579. The molecule has 0 radical (unpaired) electrons. The zero-order valence-electron chi connectivity index (χ0n) is 6.80. The number of alkyl halides is 1. The van der Waals surface area contributed by atoms with Crippen LogP contribution < -0.4 is 5.73 Å². The van der Waals surface area contributed by atoms with Gasteiger partial charge < -0.3 is 5.73 Å². The van der Waals surface area contributed by atoms with Crippen LogP contribution in [0.1, 0.15) is 0 Å². The maximum Gasteiger partial charge on any atom is 0.101 e. The number of nitrogens with two attached hydrogens (primary N) is 1. The van der Waals surface area contributed by atoms with E-state index in [1.54, 1.807) is 18.2 Å². The Morgan fingerprint density at radius 2 is 2.23 bits per heavy atom. The minimum Gasteiger partial charge on any atom is -0.398 e. The van der Waals surface area contributed by atoms with Crippen LogP contribution in [0, 0.1) is 0 Å². The Hall–Kier alpha value is -0.420. The molecular formula is C8H9BrFNOS. The van der Waals surface area contributed by atoms with Crippen LogP contribution in [0.25, 0.3) is 0 Å². The van der Waals surface area contributed by atoms with Crippen LogP contribution in [-0.4, -0.2) is 16.6 Å². The predicted octanol–water partition coefficient (Wildman–Crippen LogP) is 2.11. The first-order valence-corrected chi connectivity index (χ1v) is 5.75. The van der Waals surface area contributed by atoms with Crippen LogP contribution in [0.2, 0.25) is 0 Å². The van der Waals surface area contributed by atoms with Gasteiger partial charge >= 0.3 is 0 Å². The third-order valence-corrected chi connectivity index (χ3v) is 3.36.